The maximum absolute atomic E-state index is 11.1. The van der Waals surface area contributed by atoms with E-state index in [2.05, 4.69) is 59.2 Å². The van der Waals surface area contributed by atoms with Crippen molar-refractivity contribution >= 4 is 34.8 Å². The van der Waals surface area contributed by atoms with Crippen LogP contribution in [-0.4, -0.2) is 19.6 Å². The number of ether oxygens (including phenoxy) is 1. The summed E-state index contributed by atoms with van der Waals surface area (Å²) in [5, 5.41) is 8.77. The van der Waals surface area contributed by atoms with E-state index in [1.807, 2.05) is 12.1 Å². The number of amides is 1. The van der Waals surface area contributed by atoms with Crippen molar-refractivity contribution in [3.05, 3.63) is 71.8 Å². The molecule has 0 aliphatic heterocycles. The normalized spacial score (nSPS) is 10.1. The monoisotopic (exact) mass is 384 g/mol. The number of fused-ring (bicyclic) bond motifs is 1. The molecule has 0 fully saturated rings. The highest BCUT2D eigenvalue weighted by molar-refractivity contribution is 5.88. The number of hydrogen-bond acceptors (Lipinski definition) is 3. The molecule has 3 rings (SSSR count). The SMILES string of the molecule is COc1ccc(CNc2ccc3cccc(CCNC(C)=O)c3c2)cc1.Cl. The Hall–Kier alpha value is -2.72. The first kappa shape index (κ1) is 20.6. The van der Waals surface area contributed by atoms with Crippen molar-refractivity contribution in [2.24, 2.45) is 0 Å². The van der Waals surface area contributed by atoms with Crippen molar-refractivity contribution in [1.82, 2.24) is 5.32 Å². The molecule has 0 bridgehead atoms. The smallest absolute Gasteiger partial charge is 0.216 e. The Morgan fingerprint density at radius 3 is 2.52 bits per heavy atom. The molecule has 3 aromatic rings. The lowest BCUT2D eigenvalue weighted by atomic mass is 10.0. The molecule has 1 amide bonds. The summed E-state index contributed by atoms with van der Waals surface area (Å²) in [6.07, 6.45) is 0.818. The van der Waals surface area contributed by atoms with Crippen LogP contribution in [0.2, 0.25) is 0 Å². The number of carbonyl (C=O) groups excluding carboxylic acids is 1. The molecule has 0 saturated carbocycles. The van der Waals surface area contributed by atoms with E-state index >= 15 is 0 Å². The van der Waals surface area contributed by atoms with Gasteiger partial charge in [-0.3, -0.25) is 4.79 Å². The third kappa shape index (κ3) is 5.63. The molecule has 0 aliphatic carbocycles. The van der Waals surface area contributed by atoms with Crippen LogP contribution in [0.5, 0.6) is 5.75 Å². The minimum atomic E-state index is 0. The van der Waals surface area contributed by atoms with Crippen molar-refractivity contribution in [1.29, 1.82) is 0 Å². The molecule has 27 heavy (non-hydrogen) atoms. The highest BCUT2D eigenvalue weighted by Gasteiger charge is 2.03. The maximum Gasteiger partial charge on any atom is 0.216 e. The molecule has 4 nitrogen and oxygen atoms in total. The average Bonchev–Trinajstić information content (AvgIpc) is 2.66. The number of anilines is 1. The third-order valence-electron chi connectivity index (χ3n) is 4.40. The van der Waals surface area contributed by atoms with E-state index in [1.54, 1.807) is 14.0 Å². The van der Waals surface area contributed by atoms with Crippen molar-refractivity contribution in [2.45, 2.75) is 19.9 Å². The molecule has 0 spiro atoms. The van der Waals surface area contributed by atoms with E-state index < -0.39 is 0 Å². The number of halogens is 1. The van der Waals surface area contributed by atoms with Gasteiger partial charge < -0.3 is 15.4 Å². The number of methoxy groups -OCH3 is 1. The fraction of sp³-hybridized carbons (Fsp3) is 0.227. The minimum Gasteiger partial charge on any atom is -0.497 e. The van der Waals surface area contributed by atoms with Gasteiger partial charge in [0, 0.05) is 25.7 Å². The first-order valence-corrected chi connectivity index (χ1v) is 8.78. The Balaban J connectivity index is 0.00000261. The number of benzene rings is 3. The zero-order chi connectivity index (χ0) is 18.4. The highest BCUT2D eigenvalue weighted by atomic mass is 35.5. The standard InChI is InChI=1S/C22H24N2O2.ClH/c1-16(25)23-13-12-19-5-3-4-18-8-9-20(14-22(18)19)24-15-17-6-10-21(26-2)11-7-17;/h3-11,14,24H,12-13,15H2,1-2H3,(H,23,25);1H. The molecule has 0 radical (unpaired) electrons. The van der Waals surface area contributed by atoms with Crippen LogP contribution in [0.25, 0.3) is 10.8 Å². The molecular weight excluding hydrogens is 360 g/mol. The summed E-state index contributed by atoms with van der Waals surface area (Å²) in [4.78, 5) is 11.1. The van der Waals surface area contributed by atoms with Gasteiger partial charge in [-0.2, -0.15) is 0 Å². The Labute approximate surface area is 166 Å². The number of hydrogen-bond donors (Lipinski definition) is 2. The highest BCUT2D eigenvalue weighted by Crippen LogP contribution is 2.24. The van der Waals surface area contributed by atoms with Crippen molar-refractivity contribution in [2.75, 3.05) is 19.0 Å². The Bertz CT molecular complexity index is 894. The summed E-state index contributed by atoms with van der Waals surface area (Å²) in [5.41, 5.74) is 3.52. The van der Waals surface area contributed by atoms with Crippen molar-refractivity contribution in [3.63, 3.8) is 0 Å². The average molecular weight is 385 g/mol. The fourth-order valence-corrected chi connectivity index (χ4v) is 2.99. The lowest BCUT2D eigenvalue weighted by Crippen LogP contribution is -2.22. The predicted octanol–water partition coefficient (Wildman–Crippen LogP) is 4.56. The molecule has 0 aliphatic rings. The van der Waals surface area contributed by atoms with Gasteiger partial charge in [0.25, 0.3) is 0 Å². The molecule has 0 unspecified atom stereocenters. The number of rotatable bonds is 7. The molecule has 0 aromatic heterocycles. The van der Waals surface area contributed by atoms with Gasteiger partial charge in [-0.15, -0.1) is 12.4 Å². The summed E-state index contributed by atoms with van der Waals surface area (Å²) in [6, 6.07) is 20.8. The molecule has 3 aromatic carbocycles. The van der Waals surface area contributed by atoms with Gasteiger partial charge in [-0.05, 0) is 52.6 Å². The quantitative estimate of drug-likeness (QED) is 0.627. The van der Waals surface area contributed by atoms with Crippen LogP contribution in [-0.2, 0) is 17.8 Å². The zero-order valence-corrected chi connectivity index (χ0v) is 16.4. The molecule has 0 heterocycles. The lowest BCUT2D eigenvalue weighted by Gasteiger charge is -2.11. The first-order valence-electron chi connectivity index (χ1n) is 8.78. The summed E-state index contributed by atoms with van der Waals surface area (Å²) >= 11 is 0. The van der Waals surface area contributed by atoms with Gasteiger partial charge in [0.1, 0.15) is 5.75 Å². The van der Waals surface area contributed by atoms with E-state index in [-0.39, 0.29) is 18.3 Å². The topological polar surface area (TPSA) is 50.4 Å². The molecule has 0 atom stereocenters. The molecule has 2 N–H and O–H groups in total. The van der Waals surface area contributed by atoms with Gasteiger partial charge in [0.15, 0.2) is 0 Å². The second kappa shape index (κ2) is 9.83. The second-order valence-corrected chi connectivity index (χ2v) is 6.29. The van der Waals surface area contributed by atoms with Gasteiger partial charge in [-0.25, -0.2) is 0 Å². The Morgan fingerprint density at radius 2 is 1.81 bits per heavy atom. The van der Waals surface area contributed by atoms with E-state index in [4.69, 9.17) is 4.74 Å². The first-order chi connectivity index (χ1) is 12.7. The fourth-order valence-electron chi connectivity index (χ4n) is 2.99. The van der Waals surface area contributed by atoms with Crippen molar-refractivity contribution < 1.29 is 9.53 Å². The van der Waals surface area contributed by atoms with Crippen LogP contribution in [0.3, 0.4) is 0 Å². The summed E-state index contributed by atoms with van der Waals surface area (Å²) < 4.78 is 5.19. The van der Waals surface area contributed by atoms with Crippen LogP contribution in [0.4, 0.5) is 5.69 Å². The summed E-state index contributed by atoms with van der Waals surface area (Å²) in [7, 11) is 1.67. The van der Waals surface area contributed by atoms with Gasteiger partial charge in [-0.1, -0.05) is 36.4 Å². The van der Waals surface area contributed by atoms with Gasteiger partial charge in [0.2, 0.25) is 5.91 Å². The minimum absolute atomic E-state index is 0. The number of nitrogens with one attached hydrogen (secondary N) is 2. The molecule has 5 heteroatoms. The third-order valence-corrected chi connectivity index (χ3v) is 4.40. The summed E-state index contributed by atoms with van der Waals surface area (Å²) in [6.45, 7) is 2.95. The van der Waals surface area contributed by atoms with Crippen LogP contribution in [0, 0.1) is 0 Å². The predicted molar refractivity (Wildman–Crippen MR) is 114 cm³/mol. The van der Waals surface area contributed by atoms with Gasteiger partial charge >= 0.3 is 0 Å². The van der Waals surface area contributed by atoms with E-state index in [0.29, 0.717) is 6.54 Å². The second-order valence-electron chi connectivity index (χ2n) is 6.29. The van der Waals surface area contributed by atoms with E-state index in [9.17, 15) is 4.79 Å². The van der Waals surface area contributed by atoms with E-state index in [0.717, 1.165) is 24.4 Å². The number of carbonyl (C=O) groups is 1. The van der Waals surface area contributed by atoms with Gasteiger partial charge in [0.05, 0.1) is 7.11 Å². The van der Waals surface area contributed by atoms with Crippen LogP contribution in [0.15, 0.2) is 60.7 Å². The maximum atomic E-state index is 11.1. The van der Waals surface area contributed by atoms with Crippen molar-refractivity contribution in [3.8, 4) is 5.75 Å². The van der Waals surface area contributed by atoms with Crippen LogP contribution in [0.1, 0.15) is 18.1 Å². The van der Waals surface area contributed by atoms with Crippen LogP contribution < -0.4 is 15.4 Å². The largest absolute Gasteiger partial charge is 0.497 e. The molecule has 142 valence electrons. The Kier molecular flexibility index (Phi) is 7.50. The molecular formula is C22H25ClN2O2. The zero-order valence-electron chi connectivity index (χ0n) is 15.6. The Morgan fingerprint density at radius 1 is 1.04 bits per heavy atom. The lowest BCUT2D eigenvalue weighted by molar-refractivity contribution is -0.118. The molecule has 0 saturated heterocycles. The summed E-state index contributed by atoms with van der Waals surface area (Å²) in [5.74, 6) is 0.871. The van der Waals surface area contributed by atoms with Crippen LogP contribution >= 0.6 is 12.4 Å². The van der Waals surface area contributed by atoms with E-state index in [1.165, 1.54) is 21.9 Å².